The maximum absolute atomic E-state index is 6.13. The first kappa shape index (κ1) is 9.53. The molecule has 0 spiro atoms. The van der Waals surface area contributed by atoms with Crippen molar-refractivity contribution in [2.24, 2.45) is 11.7 Å². The molecule has 1 heterocycles. The summed E-state index contributed by atoms with van der Waals surface area (Å²) in [6.07, 6.45) is 1.05. The first-order valence-corrected chi connectivity index (χ1v) is 5.23. The summed E-state index contributed by atoms with van der Waals surface area (Å²) in [5.41, 5.74) is 8.63. The normalized spacial score (nSPS) is 25.4. The van der Waals surface area contributed by atoms with Gasteiger partial charge < -0.3 is 10.5 Å². The highest BCUT2D eigenvalue weighted by atomic mass is 16.5. The van der Waals surface area contributed by atoms with Gasteiger partial charge in [-0.3, -0.25) is 0 Å². The molecule has 2 heteroatoms. The second-order valence-corrected chi connectivity index (χ2v) is 4.04. The maximum Gasteiger partial charge on any atom is 0.124 e. The zero-order valence-corrected chi connectivity index (χ0v) is 8.79. The molecule has 1 aliphatic rings. The Bertz CT molecular complexity index is 335. The van der Waals surface area contributed by atoms with Crippen LogP contribution in [0, 0.1) is 5.92 Å². The van der Waals surface area contributed by atoms with Crippen LogP contribution in [0.2, 0.25) is 0 Å². The van der Waals surface area contributed by atoms with Crippen LogP contribution in [0.4, 0.5) is 0 Å². The molecule has 0 saturated carbocycles. The van der Waals surface area contributed by atoms with Crippen molar-refractivity contribution in [3.63, 3.8) is 0 Å². The molecule has 1 aromatic carbocycles. The molecule has 2 nitrogen and oxygen atoms in total. The third-order valence-electron chi connectivity index (χ3n) is 2.96. The zero-order chi connectivity index (χ0) is 10.1. The number of hydrogen-bond donors (Lipinski definition) is 1. The summed E-state index contributed by atoms with van der Waals surface area (Å²) in [6, 6.07) is 6.46. The van der Waals surface area contributed by atoms with Crippen LogP contribution in [0.15, 0.2) is 18.2 Å². The molecule has 2 N–H and O–H groups in total. The van der Waals surface area contributed by atoms with Gasteiger partial charge in [0.2, 0.25) is 0 Å². The smallest absolute Gasteiger partial charge is 0.124 e. The van der Waals surface area contributed by atoms with E-state index in [0.717, 1.165) is 18.8 Å². The molecule has 0 fully saturated rings. The van der Waals surface area contributed by atoms with E-state index in [1.54, 1.807) is 0 Å². The van der Waals surface area contributed by atoms with Gasteiger partial charge in [-0.15, -0.1) is 0 Å². The first-order valence-electron chi connectivity index (χ1n) is 5.23. The lowest BCUT2D eigenvalue weighted by Gasteiger charge is -2.29. The average Bonchev–Trinajstić information content (AvgIpc) is 2.23. The van der Waals surface area contributed by atoms with Crippen molar-refractivity contribution in [2.75, 3.05) is 6.61 Å². The second kappa shape index (κ2) is 3.62. The molecule has 0 amide bonds. The monoisotopic (exact) mass is 191 g/mol. The quantitative estimate of drug-likeness (QED) is 0.739. The summed E-state index contributed by atoms with van der Waals surface area (Å²) in [5.74, 6) is 1.38. The Morgan fingerprint density at radius 1 is 1.50 bits per heavy atom. The molecule has 0 saturated heterocycles. The molecule has 1 aliphatic heterocycles. The van der Waals surface area contributed by atoms with E-state index in [1.165, 1.54) is 11.1 Å². The molecule has 2 atom stereocenters. The van der Waals surface area contributed by atoms with Crippen LogP contribution in [-0.4, -0.2) is 6.61 Å². The number of nitrogens with two attached hydrogens (primary N) is 1. The van der Waals surface area contributed by atoms with Crippen molar-refractivity contribution in [2.45, 2.75) is 26.3 Å². The molecule has 76 valence electrons. The Hall–Kier alpha value is -1.02. The van der Waals surface area contributed by atoms with Crippen molar-refractivity contribution in [3.05, 3.63) is 29.3 Å². The van der Waals surface area contributed by atoms with E-state index in [9.17, 15) is 0 Å². The number of aryl methyl sites for hydroxylation is 1. The zero-order valence-electron chi connectivity index (χ0n) is 8.79. The third kappa shape index (κ3) is 1.50. The maximum atomic E-state index is 6.13. The van der Waals surface area contributed by atoms with Crippen LogP contribution in [0.5, 0.6) is 5.75 Å². The Morgan fingerprint density at radius 2 is 2.29 bits per heavy atom. The number of benzene rings is 1. The largest absolute Gasteiger partial charge is 0.493 e. The Kier molecular flexibility index (Phi) is 2.46. The highest BCUT2D eigenvalue weighted by molar-refractivity contribution is 5.41. The highest BCUT2D eigenvalue weighted by Gasteiger charge is 2.24. The highest BCUT2D eigenvalue weighted by Crippen LogP contribution is 2.34. The van der Waals surface area contributed by atoms with Crippen molar-refractivity contribution in [3.8, 4) is 5.75 Å². The van der Waals surface area contributed by atoms with Crippen molar-refractivity contribution < 1.29 is 4.74 Å². The Morgan fingerprint density at radius 3 is 3.00 bits per heavy atom. The molecule has 0 bridgehead atoms. The van der Waals surface area contributed by atoms with Gasteiger partial charge in [-0.2, -0.15) is 0 Å². The third-order valence-corrected chi connectivity index (χ3v) is 2.96. The van der Waals surface area contributed by atoms with Crippen LogP contribution >= 0.6 is 0 Å². The van der Waals surface area contributed by atoms with E-state index in [2.05, 4.69) is 26.0 Å². The van der Waals surface area contributed by atoms with Crippen molar-refractivity contribution in [1.29, 1.82) is 0 Å². The van der Waals surface area contributed by atoms with Crippen LogP contribution in [0.3, 0.4) is 0 Å². The topological polar surface area (TPSA) is 35.2 Å². The number of rotatable bonds is 1. The van der Waals surface area contributed by atoms with E-state index >= 15 is 0 Å². The first-order chi connectivity index (χ1) is 6.72. The van der Waals surface area contributed by atoms with E-state index in [1.807, 2.05) is 6.07 Å². The van der Waals surface area contributed by atoms with Crippen LogP contribution < -0.4 is 10.5 Å². The second-order valence-electron chi connectivity index (χ2n) is 4.04. The lowest BCUT2D eigenvalue weighted by molar-refractivity contribution is 0.207. The van der Waals surface area contributed by atoms with Crippen molar-refractivity contribution >= 4 is 0 Å². The molecule has 2 rings (SSSR count). The summed E-state index contributed by atoms with van der Waals surface area (Å²) in [4.78, 5) is 0. The standard InChI is InChI=1S/C12H17NO/c1-3-9-4-5-11-10(6-9)12(13)8(2)7-14-11/h4-6,8,12H,3,7,13H2,1-2H3. The number of ether oxygens (including phenoxy) is 1. The van der Waals surface area contributed by atoms with Gasteiger partial charge in [0.05, 0.1) is 6.61 Å². The summed E-state index contributed by atoms with van der Waals surface area (Å²) >= 11 is 0. The molecule has 14 heavy (non-hydrogen) atoms. The fourth-order valence-electron chi connectivity index (χ4n) is 1.84. The van der Waals surface area contributed by atoms with E-state index in [0.29, 0.717) is 5.92 Å². The van der Waals surface area contributed by atoms with Gasteiger partial charge in [-0.1, -0.05) is 26.0 Å². The van der Waals surface area contributed by atoms with E-state index in [4.69, 9.17) is 10.5 Å². The van der Waals surface area contributed by atoms with Gasteiger partial charge in [0.15, 0.2) is 0 Å². The van der Waals surface area contributed by atoms with Crippen molar-refractivity contribution in [1.82, 2.24) is 0 Å². The van der Waals surface area contributed by atoms with Crippen LogP contribution in [-0.2, 0) is 6.42 Å². The number of hydrogen-bond acceptors (Lipinski definition) is 2. The number of fused-ring (bicyclic) bond motifs is 1. The summed E-state index contributed by atoms with van der Waals surface area (Å²) in [5, 5.41) is 0. The molecule has 0 aliphatic carbocycles. The minimum atomic E-state index is 0.130. The predicted octanol–water partition coefficient (Wildman–Crippen LogP) is 2.28. The van der Waals surface area contributed by atoms with Crippen LogP contribution in [0.25, 0.3) is 0 Å². The Balaban J connectivity index is 2.41. The molecule has 0 radical (unpaired) electrons. The van der Waals surface area contributed by atoms with Crippen LogP contribution in [0.1, 0.15) is 31.0 Å². The lowest BCUT2D eigenvalue weighted by Crippen LogP contribution is -2.29. The minimum Gasteiger partial charge on any atom is -0.493 e. The average molecular weight is 191 g/mol. The molecule has 2 unspecified atom stereocenters. The molecule has 1 aromatic rings. The van der Waals surface area contributed by atoms with Gasteiger partial charge >= 0.3 is 0 Å². The summed E-state index contributed by atoms with van der Waals surface area (Å²) < 4.78 is 5.63. The summed E-state index contributed by atoms with van der Waals surface area (Å²) in [7, 11) is 0. The predicted molar refractivity (Wildman–Crippen MR) is 57.4 cm³/mol. The molecule has 0 aromatic heterocycles. The minimum absolute atomic E-state index is 0.130. The van der Waals surface area contributed by atoms with Gasteiger partial charge in [0.25, 0.3) is 0 Å². The fourth-order valence-corrected chi connectivity index (χ4v) is 1.84. The van der Waals surface area contributed by atoms with Gasteiger partial charge in [0.1, 0.15) is 5.75 Å². The van der Waals surface area contributed by atoms with Gasteiger partial charge in [-0.05, 0) is 18.1 Å². The van der Waals surface area contributed by atoms with E-state index < -0.39 is 0 Å². The molecular formula is C12H17NO. The van der Waals surface area contributed by atoms with Gasteiger partial charge in [-0.25, -0.2) is 0 Å². The lowest BCUT2D eigenvalue weighted by atomic mass is 9.91. The fraction of sp³-hybridized carbons (Fsp3) is 0.500. The van der Waals surface area contributed by atoms with Gasteiger partial charge in [0, 0.05) is 17.5 Å². The SMILES string of the molecule is CCc1ccc2c(c1)C(N)C(C)CO2. The van der Waals surface area contributed by atoms with E-state index in [-0.39, 0.29) is 6.04 Å². The Labute approximate surface area is 85.1 Å². The summed E-state index contributed by atoms with van der Waals surface area (Å²) in [6.45, 7) is 5.02. The molecular weight excluding hydrogens is 174 g/mol.